The monoisotopic (exact) mass is 287 g/mol. The predicted octanol–water partition coefficient (Wildman–Crippen LogP) is 2.89. The van der Waals surface area contributed by atoms with Crippen LogP contribution >= 0.6 is 0 Å². The van der Waals surface area contributed by atoms with E-state index in [2.05, 4.69) is 10.6 Å². The van der Waals surface area contributed by atoms with Crippen molar-refractivity contribution in [1.29, 1.82) is 5.26 Å². The summed E-state index contributed by atoms with van der Waals surface area (Å²) in [6, 6.07) is 11.3. The summed E-state index contributed by atoms with van der Waals surface area (Å²) in [6.07, 6.45) is 0. The number of carbonyl (C=O) groups is 1. The first-order chi connectivity index (χ1) is 10.1. The largest absolute Gasteiger partial charge is 0.374 e. The maximum absolute atomic E-state index is 13.3. The quantitative estimate of drug-likeness (QED) is 0.908. The van der Waals surface area contributed by atoms with Gasteiger partial charge in [-0.05, 0) is 36.4 Å². The Morgan fingerprint density at radius 1 is 1.19 bits per heavy atom. The molecule has 2 N–H and O–H groups in total. The van der Waals surface area contributed by atoms with Crippen LogP contribution in [0.2, 0.25) is 0 Å². The lowest BCUT2D eigenvalue weighted by atomic mass is 10.2. The van der Waals surface area contributed by atoms with Gasteiger partial charge in [0.2, 0.25) is 5.91 Å². The Morgan fingerprint density at radius 3 is 2.76 bits per heavy atom. The summed E-state index contributed by atoms with van der Waals surface area (Å²) in [5.74, 6) is -1.68. The van der Waals surface area contributed by atoms with Crippen LogP contribution in [0.5, 0.6) is 0 Å². The van der Waals surface area contributed by atoms with Gasteiger partial charge < -0.3 is 10.6 Å². The molecule has 0 spiro atoms. The van der Waals surface area contributed by atoms with Gasteiger partial charge in [-0.1, -0.05) is 6.07 Å². The van der Waals surface area contributed by atoms with Crippen LogP contribution in [0.4, 0.5) is 20.2 Å². The molecule has 0 aliphatic carbocycles. The number of benzene rings is 2. The summed E-state index contributed by atoms with van der Waals surface area (Å²) < 4.78 is 26.3. The van der Waals surface area contributed by atoms with Gasteiger partial charge >= 0.3 is 0 Å². The molecule has 0 aromatic heterocycles. The Hall–Kier alpha value is -2.94. The van der Waals surface area contributed by atoms with Gasteiger partial charge in [0, 0.05) is 5.69 Å². The van der Waals surface area contributed by atoms with Crippen LogP contribution in [0.1, 0.15) is 5.56 Å². The molecule has 2 aromatic rings. The minimum absolute atomic E-state index is 0.0871. The van der Waals surface area contributed by atoms with Crippen LogP contribution in [-0.4, -0.2) is 12.5 Å². The second-order valence-electron chi connectivity index (χ2n) is 4.22. The first-order valence-corrected chi connectivity index (χ1v) is 6.07. The van der Waals surface area contributed by atoms with E-state index < -0.39 is 17.5 Å². The van der Waals surface area contributed by atoms with E-state index in [-0.39, 0.29) is 12.2 Å². The SMILES string of the molecule is N#Cc1cccc(NC(=O)CNc2cc(F)ccc2F)c1. The summed E-state index contributed by atoms with van der Waals surface area (Å²) in [4.78, 5) is 11.7. The van der Waals surface area contributed by atoms with Crippen molar-refractivity contribution in [2.45, 2.75) is 0 Å². The molecular formula is C15H11F2N3O. The van der Waals surface area contributed by atoms with E-state index in [0.717, 1.165) is 18.2 Å². The van der Waals surface area contributed by atoms with Crippen LogP contribution in [0.25, 0.3) is 0 Å². The van der Waals surface area contributed by atoms with Gasteiger partial charge in [-0.2, -0.15) is 5.26 Å². The number of hydrogen-bond donors (Lipinski definition) is 2. The molecule has 0 unspecified atom stereocenters. The molecule has 4 nitrogen and oxygen atoms in total. The second-order valence-corrected chi connectivity index (χ2v) is 4.22. The molecule has 0 saturated heterocycles. The zero-order chi connectivity index (χ0) is 15.2. The number of nitriles is 1. The highest BCUT2D eigenvalue weighted by atomic mass is 19.1. The maximum Gasteiger partial charge on any atom is 0.243 e. The van der Waals surface area contributed by atoms with Crippen LogP contribution in [-0.2, 0) is 4.79 Å². The van der Waals surface area contributed by atoms with E-state index in [1.165, 1.54) is 6.07 Å². The molecule has 2 aromatic carbocycles. The number of anilines is 2. The first-order valence-electron chi connectivity index (χ1n) is 6.07. The van der Waals surface area contributed by atoms with Crippen molar-refractivity contribution in [3.05, 3.63) is 59.7 Å². The fourth-order valence-corrected chi connectivity index (χ4v) is 1.68. The van der Waals surface area contributed by atoms with Crippen LogP contribution in [0.3, 0.4) is 0 Å². The number of halogens is 2. The van der Waals surface area contributed by atoms with Crippen molar-refractivity contribution in [2.75, 3.05) is 17.2 Å². The van der Waals surface area contributed by atoms with Crippen molar-refractivity contribution in [1.82, 2.24) is 0 Å². The predicted molar refractivity (Wildman–Crippen MR) is 74.6 cm³/mol. The van der Waals surface area contributed by atoms with E-state index >= 15 is 0 Å². The first kappa shape index (κ1) is 14.5. The average Bonchev–Trinajstić information content (AvgIpc) is 2.48. The summed E-state index contributed by atoms with van der Waals surface area (Å²) in [6.45, 7) is -0.225. The molecule has 6 heteroatoms. The molecule has 1 amide bonds. The van der Waals surface area contributed by atoms with Crippen LogP contribution in [0, 0.1) is 23.0 Å². The highest BCUT2D eigenvalue weighted by molar-refractivity contribution is 5.93. The fourth-order valence-electron chi connectivity index (χ4n) is 1.68. The maximum atomic E-state index is 13.3. The number of hydrogen-bond acceptors (Lipinski definition) is 3. The molecule has 0 radical (unpaired) electrons. The Kier molecular flexibility index (Phi) is 4.46. The minimum Gasteiger partial charge on any atom is -0.374 e. The van der Waals surface area contributed by atoms with E-state index in [1.807, 2.05) is 6.07 Å². The van der Waals surface area contributed by atoms with Gasteiger partial charge in [-0.3, -0.25) is 4.79 Å². The fraction of sp³-hybridized carbons (Fsp3) is 0.0667. The molecule has 0 aliphatic heterocycles. The standard InChI is InChI=1S/C15H11F2N3O/c16-11-4-5-13(17)14(7-11)19-9-15(21)20-12-3-1-2-10(6-12)8-18/h1-7,19H,9H2,(H,20,21). The third-order valence-corrected chi connectivity index (χ3v) is 2.64. The van der Waals surface area contributed by atoms with Gasteiger partial charge in [0.25, 0.3) is 0 Å². The molecule has 0 aliphatic rings. The molecular weight excluding hydrogens is 276 g/mol. The molecule has 2 rings (SSSR count). The summed E-state index contributed by atoms with van der Waals surface area (Å²) in [5, 5.41) is 13.8. The van der Waals surface area contributed by atoms with Crippen molar-refractivity contribution in [2.24, 2.45) is 0 Å². The molecule has 0 atom stereocenters. The summed E-state index contributed by atoms with van der Waals surface area (Å²) >= 11 is 0. The average molecular weight is 287 g/mol. The normalized spacial score (nSPS) is 9.76. The van der Waals surface area contributed by atoms with Crippen molar-refractivity contribution in [3.8, 4) is 6.07 Å². The molecule has 0 fully saturated rings. The zero-order valence-corrected chi connectivity index (χ0v) is 10.9. The summed E-state index contributed by atoms with van der Waals surface area (Å²) in [5.41, 5.74) is 0.786. The number of amides is 1. The van der Waals surface area contributed by atoms with E-state index in [9.17, 15) is 13.6 Å². The second kappa shape index (κ2) is 6.48. The minimum atomic E-state index is -0.643. The van der Waals surface area contributed by atoms with Crippen LogP contribution < -0.4 is 10.6 Å². The lowest BCUT2D eigenvalue weighted by Crippen LogP contribution is -2.22. The molecule has 0 heterocycles. The Labute approximate surface area is 120 Å². The molecule has 0 saturated carbocycles. The summed E-state index contributed by atoms with van der Waals surface area (Å²) in [7, 11) is 0. The zero-order valence-electron chi connectivity index (χ0n) is 10.9. The smallest absolute Gasteiger partial charge is 0.243 e. The van der Waals surface area contributed by atoms with Crippen LogP contribution in [0.15, 0.2) is 42.5 Å². The van der Waals surface area contributed by atoms with Crippen molar-refractivity contribution >= 4 is 17.3 Å². The number of carbonyl (C=O) groups excluding carboxylic acids is 1. The van der Waals surface area contributed by atoms with E-state index in [0.29, 0.717) is 11.3 Å². The number of nitrogens with one attached hydrogen (secondary N) is 2. The highest BCUT2D eigenvalue weighted by Crippen LogP contribution is 2.15. The van der Waals surface area contributed by atoms with Gasteiger partial charge in [0.15, 0.2) is 0 Å². The van der Waals surface area contributed by atoms with Gasteiger partial charge in [-0.15, -0.1) is 0 Å². The van der Waals surface area contributed by atoms with Crippen molar-refractivity contribution < 1.29 is 13.6 Å². The van der Waals surface area contributed by atoms with Gasteiger partial charge in [0.1, 0.15) is 11.6 Å². The van der Waals surface area contributed by atoms with Crippen molar-refractivity contribution in [3.63, 3.8) is 0 Å². The van der Waals surface area contributed by atoms with Gasteiger partial charge in [0.05, 0.1) is 23.9 Å². The third-order valence-electron chi connectivity index (χ3n) is 2.64. The Bertz CT molecular complexity index is 710. The lowest BCUT2D eigenvalue weighted by molar-refractivity contribution is -0.114. The Balaban J connectivity index is 1.96. The Morgan fingerprint density at radius 2 is 2.00 bits per heavy atom. The topological polar surface area (TPSA) is 64.9 Å². The van der Waals surface area contributed by atoms with Gasteiger partial charge in [-0.25, -0.2) is 8.78 Å². The molecule has 106 valence electrons. The lowest BCUT2D eigenvalue weighted by Gasteiger charge is -2.09. The van der Waals surface area contributed by atoms with E-state index in [4.69, 9.17) is 5.26 Å². The number of rotatable bonds is 4. The highest BCUT2D eigenvalue weighted by Gasteiger charge is 2.07. The molecule has 21 heavy (non-hydrogen) atoms. The van der Waals surface area contributed by atoms with E-state index in [1.54, 1.807) is 18.2 Å². The third kappa shape index (κ3) is 4.01. The number of nitrogens with zero attached hydrogens (tertiary/aromatic N) is 1. The molecule has 0 bridgehead atoms.